The van der Waals surface area contributed by atoms with Gasteiger partial charge in [0.2, 0.25) is 5.91 Å². The molecule has 1 aliphatic heterocycles. The van der Waals surface area contributed by atoms with Crippen molar-refractivity contribution in [2.24, 2.45) is 11.7 Å². The molecule has 1 saturated heterocycles. The Morgan fingerprint density at radius 1 is 1.21 bits per heavy atom. The van der Waals surface area contributed by atoms with Crippen molar-refractivity contribution >= 4 is 28.8 Å². The zero-order valence-corrected chi connectivity index (χ0v) is 15.3. The summed E-state index contributed by atoms with van der Waals surface area (Å²) in [7, 11) is 0. The Kier molecular flexibility index (Phi) is 4.66. The molecular weight excluding hydrogens is 364 g/mol. The molecule has 2 aromatic rings. The van der Waals surface area contributed by atoms with Crippen LogP contribution in [0.15, 0.2) is 23.0 Å². The number of nitrogens with two attached hydrogens (primary N) is 1. The van der Waals surface area contributed by atoms with Crippen LogP contribution in [0.25, 0.3) is 11.0 Å². The molecule has 1 aromatic carbocycles. The van der Waals surface area contributed by atoms with Crippen LogP contribution in [-0.2, 0) is 14.3 Å². The number of primary amides is 1. The van der Waals surface area contributed by atoms with Gasteiger partial charge in [-0.2, -0.15) is 0 Å². The predicted octanol–water partition coefficient (Wildman–Crippen LogP) is 0.545. The first kappa shape index (κ1) is 18.3. The summed E-state index contributed by atoms with van der Waals surface area (Å²) in [6.07, 6.45) is 3.24. The number of imidazole rings is 1. The lowest BCUT2D eigenvalue weighted by atomic mass is 9.97. The zero-order chi connectivity index (χ0) is 19.8. The molecule has 0 spiro atoms. The molecule has 2 heterocycles. The number of H-pyrrole nitrogens is 1. The van der Waals surface area contributed by atoms with Gasteiger partial charge in [0, 0.05) is 19.1 Å². The number of carbonyl (C=O) groups is 3. The molecule has 4 rings (SSSR count). The molecule has 3 N–H and O–H groups in total. The first-order chi connectivity index (χ1) is 13.4. The Labute approximate surface area is 160 Å². The molecule has 9 heteroatoms. The first-order valence-corrected chi connectivity index (χ1v) is 9.42. The molecule has 1 saturated carbocycles. The number of ether oxygens (including phenoxy) is 1. The molecule has 0 radical (unpaired) electrons. The zero-order valence-electron chi connectivity index (χ0n) is 15.3. The molecule has 0 bridgehead atoms. The van der Waals surface area contributed by atoms with Crippen molar-refractivity contribution in [3.05, 3.63) is 34.2 Å². The Morgan fingerprint density at radius 2 is 2.00 bits per heavy atom. The van der Waals surface area contributed by atoms with Crippen LogP contribution in [0.2, 0.25) is 0 Å². The van der Waals surface area contributed by atoms with Crippen LogP contribution in [0.3, 0.4) is 0 Å². The summed E-state index contributed by atoms with van der Waals surface area (Å²) in [5, 5.41) is 0. The first-order valence-electron chi connectivity index (χ1n) is 9.42. The molecule has 1 unspecified atom stereocenters. The van der Waals surface area contributed by atoms with Crippen molar-refractivity contribution in [3.63, 3.8) is 0 Å². The van der Waals surface area contributed by atoms with Gasteiger partial charge in [0.25, 0.3) is 5.91 Å². The van der Waals surface area contributed by atoms with Crippen molar-refractivity contribution in [1.82, 2.24) is 14.5 Å². The number of nitrogens with zero attached hydrogens (tertiary/aromatic N) is 2. The molecule has 28 heavy (non-hydrogen) atoms. The molecule has 1 atom stereocenters. The highest BCUT2D eigenvalue weighted by Gasteiger charge is 2.29. The van der Waals surface area contributed by atoms with Crippen molar-refractivity contribution in [2.45, 2.75) is 31.7 Å². The van der Waals surface area contributed by atoms with E-state index in [4.69, 9.17) is 10.5 Å². The van der Waals surface area contributed by atoms with Crippen molar-refractivity contribution in [3.8, 4) is 0 Å². The number of rotatable bonds is 5. The normalized spacial score (nSPS) is 19.6. The van der Waals surface area contributed by atoms with Crippen LogP contribution in [0.1, 0.15) is 42.1 Å². The second-order valence-electron chi connectivity index (χ2n) is 7.42. The van der Waals surface area contributed by atoms with Gasteiger partial charge in [0.05, 0.1) is 22.5 Å². The van der Waals surface area contributed by atoms with Crippen LogP contribution in [0.5, 0.6) is 0 Å². The van der Waals surface area contributed by atoms with Crippen LogP contribution < -0.4 is 11.4 Å². The molecule has 2 aliphatic rings. The Hall–Kier alpha value is -3.10. The molecule has 148 valence electrons. The number of hydrogen-bond donors (Lipinski definition) is 2. The Morgan fingerprint density at radius 3 is 2.71 bits per heavy atom. The van der Waals surface area contributed by atoms with Crippen LogP contribution >= 0.6 is 0 Å². The van der Waals surface area contributed by atoms with Gasteiger partial charge in [-0.25, -0.2) is 9.59 Å². The van der Waals surface area contributed by atoms with E-state index in [0.29, 0.717) is 30.4 Å². The van der Waals surface area contributed by atoms with E-state index in [2.05, 4.69) is 4.98 Å². The number of aromatic nitrogens is 2. The average molecular weight is 386 g/mol. The van der Waals surface area contributed by atoms with E-state index < -0.39 is 18.5 Å². The highest BCUT2D eigenvalue weighted by atomic mass is 16.5. The number of nitrogens with one attached hydrogen (secondary N) is 1. The lowest BCUT2D eigenvalue weighted by Gasteiger charge is -2.31. The fourth-order valence-electron chi connectivity index (χ4n) is 3.68. The molecule has 2 amide bonds. The number of likely N-dealkylation sites (tertiary alicyclic amines) is 1. The SMILES string of the molecule is NC(=O)C1CCCN(C(=O)COC(=O)c2ccc3[nH]c(=O)n(C4CC4)c3c2)C1. The lowest BCUT2D eigenvalue weighted by molar-refractivity contribution is -0.137. The van der Waals surface area contributed by atoms with Crippen molar-refractivity contribution in [2.75, 3.05) is 19.7 Å². The maximum absolute atomic E-state index is 12.4. The van der Waals surface area contributed by atoms with Crippen molar-refractivity contribution < 1.29 is 19.1 Å². The van der Waals surface area contributed by atoms with Crippen molar-refractivity contribution in [1.29, 1.82) is 0 Å². The number of amides is 2. The van der Waals surface area contributed by atoms with Crippen LogP contribution in [0, 0.1) is 5.92 Å². The van der Waals surface area contributed by atoms with E-state index in [1.807, 2.05) is 0 Å². The summed E-state index contributed by atoms with van der Waals surface area (Å²) in [5.74, 6) is -1.76. The second kappa shape index (κ2) is 7.14. The highest BCUT2D eigenvalue weighted by Crippen LogP contribution is 2.35. The van der Waals surface area contributed by atoms with Gasteiger partial charge in [-0.05, 0) is 43.9 Å². The third-order valence-corrected chi connectivity index (χ3v) is 5.37. The molecule has 2 fully saturated rings. The summed E-state index contributed by atoms with van der Waals surface area (Å²) in [6, 6.07) is 5.01. The molecule has 9 nitrogen and oxygen atoms in total. The summed E-state index contributed by atoms with van der Waals surface area (Å²) >= 11 is 0. The Bertz CT molecular complexity index is 1000. The maximum atomic E-state index is 12.4. The maximum Gasteiger partial charge on any atom is 0.338 e. The average Bonchev–Trinajstić information content (AvgIpc) is 3.47. The molecular formula is C19H22N4O5. The number of benzene rings is 1. The smallest absolute Gasteiger partial charge is 0.338 e. The number of fused-ring (bicyclic) bond motifs is 1. The van der Waals surface area contributed by atoms with Gasteiger partial charge in [-0.15, -0.1) is 0 Å². The topological polar surface area (TPSA) is 127 Å². The lowest BCUT2D eigenvalue weighted by Crippen LogP contribution is -2.45. The number of hydrogen-bond acceptors (Lipinski definition) is 5. The summed E-state index contributed by atoms with van der Waals surface area (Å²) in [6.45, 7) is 0.378. The van der Waals surface area contributed by atoms with Gasteiger partial charge in [-0.3, -0.25) is 14.2 Å². The fourth-order valence-corrected chi connectivity index (χ4v) is 3.68. The third kappa shape index (κ3) is 3.51. The minimum Gasteiger partial charge on any atom is -0.452 e. The molecule has 1 aliphatic carbocycles. The van der Waals surface area contributed by atoms with Gasteiger partial charge >= 0.3 is 11.7 Å². The van der Waals surface area contributed by atoms with E-state index in [0.717, 1.165) is 12.8 Å². The van der Waals surface area contributed by atoms with E-state index in [1.54, 1.807) is 22.8 Å². The number of carbonyl (C=O) groups excluding carboxylic acids is 3. The van der Waals surface area contributed by atoms with E-state index in [-0.39, 0.29) is 35.7 Å². The van der Waals surface area contributed by atoms with Gasteiger partial charge in [0.15, 0.2) is 6.61 Å². The van der Waals surface area contributed by atoms with Gasteiger partial charge < -0.3 is 20.4 Å². The number of piperidine rings is 1. The highest BCUT2D eigenvalue weighted by molar-refractivity contribution is 5.95. The summed E-state index contributed by atoms with van der Waals surface area (Å²) in [5.41, 5.74) is 6.74. The fraction of sp³-hybridized carbons (Fsp3) is 0.474. The quantitative estimate of drug-likeness (QED) is 0.725. The third-order valence-electron chi connectivity index (χ3n) is 5.37. The van der Waals surface area contributed by atoms with Gasteiger partial charge in [-0.1, -0.05) is 0 Å². The second-order valence-corrected chi connectivity index (χ2v) is 7.42. The standard InChI is InChI=1S/C19H22N4O5/c20-17(25)12-2-1-7-22(9-12)16(24)10-28-18(26)11-3-6-14-15(8-11)23(13-4-5-13)19(27)21-14/h3,6,8,12-13H,1-2,4-5,7,9-10H2,(H2,20,25)(H,21,27). The van der Waals surface area contributed by atoms with E-state index >= 15 is 0 Å². The van der Waals surface area contributed by atoms with Crippen LogP contribution in [0.4, 0.5) is 0 Å². The van der Waals surface area contributed by atoms with Crippen LogP contribution in [-0.4, -0.2) is 51.9 Å². The van der Waals surface area contributed by atoms with E-state index in [1.165, 1.54) is 4.90 Å². The largest absolute Gasteiger partial charge is 0.452 e. The van der Waals surface area contributed by atoms with E-state index in [9.17, 15) is 19.2 Å². The predicted molar refractivity (Wildman–Crippen MR) is 99.6 cm³/mol. The summed E-state index contributed by atoms with van der Waals surface area (Å²) in [4.78, 5) is 52.4. The minimum atomic E-state index is -0.630. The number of esters is 1. The monoisotopic (exact) mass is 386 g/mol. The Balaban J connectivity index is 1.42. The summed E-state index contributed by atoms with van der Waals surface area (Å²) < 4.78 is 6.83. The minimum absolute atomic E-state index is 0.173. The molecule has 1 aromatic heterocycles. The number of aromatic amines is 1. The van der Waals surface area contributed by atoms with Gasteiger partial charge in [0.1, 0.15) is 0 Å².